The molecule has 8 nitrogen and oxygen atoms in total. The molecule has 0 saturated heterocycles. The number of rotatable bonds is 7. The van der Waals surface area contributed by atoms with Crippen LogP contribution in [0.2, 0.25) is 0 Å². The predicted octanol–water partition coefficient (Wildman–Crippen LogP) is 3.95. The highest BCUT2D eigenvalue weighted by molar-refractivity contribution is 7.92. The molecule has 5 rings (SSSR count). The van der Waals surface area contributed by atoms with Crippen molar-refractivity contribution in [2.45, 2.75) is 25.0 Å². The molecule has 1 aromatic heterocycles. The SMILES string of the molecule is Cc1cn2c(c(OCc3ccccc3)c1=O)C(=O)N(Cc1ccc(F)cc1)CN2S(=O)(=O)c1ccccc1F. The maximum atomic E-state index is 14.7. The van der Waals surface area contributed by atoms with E-state index in [4.69, 9.17) is 4.74 Å². The van der Waals surface area contributed by atoms with Crippen LogP contribution < -0.4 is 14.6 Å². The monoisotopic (exact) mass is 551 g/mol. The summed E-state index contributed by atoms with van der Waals surface area (Å²) >= 11 is 0. The molecular weight excluding hydrogens is 528 g/mol. The van der Waals surface area contributed by atoms with Crippen LogP contribution in [0.3, 0.4) is 0 Å². The lowest BCUT2D eigenvalue weighted by molar-refractivity contribution is 0.0690. The van der Waals surface area contributed by atoms with Gasteiger partial charge in [0, 0.05) is 18.3 Å². The molecule has 0 aliphatic carbocycles. The van der Waals surface area contributed by atoms with Crippen LogP contribution in [0.25, 0.3) is 0 Å². The van der Waals surface area contributed by atoms with Crippen molar-refractivity contribution in [3.8, 4) is 5.75 Å². The Labute approximate surface area is 223 Å². The van der Waals surface area contributed by atoms with E-state index in [9.17, 15) is 26.8 Å². The summed E-state index contributed by atoms with van der Waals surface area (Å²) in [7, 11) is -4.57. The summed E-state index contributed by atoms with van der Waals surface area (Å²) in [6.45, 7) is 0.801. The second-order valence-electron chi connectivity index (χ2n) is 8.97. The molecule has 39 heavy (non-hydrogen) atoms. The minimum absolute atomic E-state index is 0.0577. The lowest BCUT2D eigenvalue weighted by atomic mass is 10.1. The Bertz CT molecular complexity index is 1710. The highest BCUT2D eigenvalue weighted by Crippen LogP contribution is 2.28. The van der Waals surface area contributed by atoms with Gasteiger partial charge in [-0.1, -0.05) is 54.6 Å². The van der Waals surface area contributed by atoms with Crippen molar-refractivity contribution < 1.29 is 26.7 Å². The van der Waals surface area contributed by atoms with E-state index >= 15 is 0 Å². The van der Waals surface area contributed by atoms with E-state index in [2.05, 4.69) is 0 Å². The zero-order valence-electron chi connectivity index (χ0n) is 20.8. The molecule has 1 aliphatic rings. The fraction of sp³-hybridized carbons (Fsp3) is 0.143. The van der Waals surface area contributed by atoms with Crippen molar-refractivity contribution in [1.29, 1.82) is 0 Å². The maximum absolute atomic E-state index is 14.7. The molecule has 1 amide bonds. The van der Waals surface area contributed by atoms with Gasteiger partial charge in [-0.05, 0) is 42.3 Å². The number of hydrogen-bond acceptors (Lipinski definition) is 5. The van der Waals surface area contributed by atoms with Crippen molar-refractivity contribution in [1.82, 2.24) is 9.58 Å². The molecule has 200 valence electrons. The smallest absolute Gasteiger partial charge is 0.282 e. The van der Waals surface area contributed by atoms with Crippen LogP contribution >= 0.6 is 0 Å². The molecule has 1 aliphatic heterocycles. The fourth-order valence-corrected chi connectivity index (χ4v) is 5.70. The maximum Gasteiger partial charge on any atom is 0.282 e. The summed E-state index contributed by atoms with van der Waals surface area (Å²) in [6.07, 6.45) is 1.22. The molecule has 2 heterocycles. The number of carbonyl (C=O) groups is 1. The molecule has 0 radical (unpaired) electrons. The summed E-state index contributed by atoms with van der Waals surface area (Å²) in [5, 5.41) is 0. The normalized spacial score (nSPS) is 13.4. The van der Waals surface area contributed by atoms with Gasteiger partial charge < -0.3 is 9.64 Å². The molecule has 0 atom stereocenters. The molecule has 0 saturated carbocycles. The number of pyridine rings is 1. The second-order valence-corrected chi connectivity index (χ2v) is 10.8. The van der Waals surface area contributed by atoms with Gasteiger partial charge in [0.1, 0.15) is 29.8 Å². The minimum Gasteiger partial charge on any atom is -0.482 e. The van der Waals surface area contributed by atoms with E-state index in [0.29, 0.717) is 5.56 Å². The third-order valence-corrected chi connectivity index (χ3v) is 7.98. The van der Waals surface area contributed by atoms with Gasteiger partial charge in [-0.2, -0.15) is 12.8 Å². The Kier molecular flexibility index (Phi) is 6.92. The van der Waals surface area contributed by atoms with E-state index in [0.717, 1.165) is 26.8 Å². The lowest BCUT2D eigenvalue weighted by Gasteiger charge is -2.39. The number of nitrogens with zero attached hydrogens (tertiary/aromatic N) is 3. The third-order valence-electron chi connectivity index (χ3n) is 6.25. The van der Waals surface area contributed by atoms with Crippen molar-refractivity contribution in [2.75, 3.05) is 11.1 Å². The zero-order valence-corrected chi connectivity index (χ0v) is 21.6. The number of hydrogen-bond donors (Lipinski definition) is 0. The van der Waals surface area contributed by atoms with Crippen LogP contribution in [0.5, 0.6) is 5.75 Å². The molecule has 3 aromatic carbocycles. The quantitative estimate of drug-likeness (QED) is 0.347. The van der Waals surface area contributed by atoms with Crippen molar-refractivity contribution in [2.24, 2.45) is 0 Å². The van der Waals surface area contributed by atoms with Crippen LogP contribution in [0, 0.1) is 18.6 Å². The first-order valence-electron chi connectivity index (χ1n) is 11.9. The molecule has 4 aromatic rings. The number of aromatic nitrogens is 1. The van der Waals surface area contributed by atoms with Gasteiger partial charge in [0.05, 0.1) is 0 Å². The number of ether oxygens (including phenoxy) is 1. The van der Waals surface area contributed by atoms with E-state index in [1.54, 1.807) is 24.3 Å². The summed E-state index contributed by atoms with van der Waals surface area (Å²) < 4.78 is 63.4. The average Bonchev–Trinajstić information content (AvgIpc) is 2.92. The van der Waals surface area contributed by atoms with E-state index in [1.165, 1.54) is 54.4 Å². The highest BCUT2D eigenvalue weighted by Gasteiger charge is 2.40. The standard InChI is InChI=1S/C28H23F2N3O5S/c1-19-15-32-25(27(26(19)34)38-17-21-7-3-2-4-8-21)28(35)31(16-20-11-13-22(29)14-12-20)18-33(32)39(36,37)24-10-6-5-9-23(24)30/h2-15H,16-18H2,1H3. The predicted molar refractivity (Wildman–Crippen MR) is 139 cm³/mol. The van der Waals surface area contributed by atoms with E-state index in [-0.39, 0.29) is 30.2 Å². The van der Waals surface area contributed by atoms with Crippen LogP contribution in [-0.4, -0.2) is 30.6 Å². The first-order valence-corrected chi connectivity index (χ1v) is 13.3. The molecule has 0 N–H and O–H groups in total. The van der Waals surface area contributed by atoms with Gasteiger partial charge in [0.2, 0.25) is 5.43 Å². The fourth-order valence-electron chi connectivity index (χ4n) is 4.25. The van der Waals surface area contributed by atoms with E-state index in [1.807, 2.05) is 6.07 Å². The van der Waals surface area contributed by atoms with Crippen LogP contribution in [0.15, 0.2) is 94.7 Å². The number of aryl methyl sites for hydroxylation is 1. The van der Waals surface area contributed by atoms with Crippen LogP contribution in [0.1, 0.15) is 27.2 Å². The Hall–Kier alpha value is -4.51. The molecule has 11 heteroatoms. The first-order chi connectivity index (χ1) is 18.7. The Morgan fingerprint density at radius 3 is 2.23 bits per heavy atom. The number of carbonyl (C=O) groups excluding carboxylic acids is 1. The van der Waals surface area contributed by atoms with Gasteiger partial charge in [-0.15, -0.1) is 0 Å². The summed E-state index contributed by atoms with van der Waals surface area (Å²) in [4.78, 5) is 27.6. The Morgan fingerprint density at radius 1 is 0.872 bits per heavy atom. The van der Waals surface area contributed by atoms with Gasteiger partial charge in [-0.3, -0.25) is 9.59 Å². The molecular formula is C28H23F2N3O5S. The minimum atomic E-state index is -4.57. The van der Waals surface area contributed by atoms with Crippen LogP contribution in [-0.2, 0) is 23.2 Å². The van der Waals surface area contributed by atoms with Gasteiger partial charge in [-0.25, -0.2) is 13.5 Å². The summed E-state index contributed by atoms with van der Waals surface area (Å²) in [6, 6.07) is 19.2. The highest BCUT2D eigenvalue weighted by atomic mass is 32.2. The van der Waals surface area contributed by atoms with Crippen molar-refractivity contribution in [3.05, 3.63) is 129 Å². The first kappa shape index (κ1) is 26.1. The number of fused-ring (bicyclic) bond motifs is 1. The zero-order chi connectivity index (χ0) is 27.7. The average molecular weight is 552 g/mol. The summed E-state index contributed by atoms with van der Waals surface area (Å²) in [5.41, 5.74) is 0.449. The molecule has 0 bridgehead atoms. The number of sulfonamides is 1. The van der Waals surface area contributed by atoms with Gasteiger partial charge in [0.15, 0.2) is 11.4 Å². The van der Waals surface area contributed by atoms with Crippen molar-refractivity contribution in [3.63, 3.8) is 0 Å². The lowest BCUT2D eigenvalue weighted by Crippen LogP contribution is -2.56. The summed E-state index contributed by atoms with van der Waals surface area (Å²) in [5.74, 6) is -2.46. The molecule has 0 fully saturated rings. The molecule has 0 unspecified atom stereocenters. The number of benzene rings is 3. The number of amides is 1. The Balaban J connectivity index is 1.66. The van der Waals surface area contributed by atoms with Gasteiger partial charge >= 0.3 is 0 Å². The Morgan fingerprint density at radius 2 is 1.54 bits per heavy atom. The second kappa shape index (κ2) is 10.3. The number of halogens is 2. The third kappa shape index (κ3) is 5.00. The largest absolute Gasteiger partial charge is 0.482 e. The topological polar surface area (TPSA) is 88.9 Å². The molecule has 0 spiro atoms. The van der Waals surface area contributed by atoms with Crippen LogP contribution in [0.4, 0.5) is 8.78 Å². The van der Waals surface area contributed by atoms with Crippen molar-refractivity contribution >= 4 is 15.9 Å². The van der Waals surface area contributed by atoms with E-state index < -0.39 is 44.6 Å². The van der Waals surface area contributed by atoms with Gasteiger partial charge in [0.25, 0.3) is 15.9 Å².